The first kappa shape index (κ1) is 15.4. The first-order valence-electron chi connectivity index (χ1n) is 6.63. The van der Waals surface area contributed by atoms with Crippen LogP contribution in [0.5, 0.6) is 0 Å². The van der Waals surface area contributed by atoms with E-state index in [0.29, 0.717) is 29.4 Å². The third-order valence-corrected chi connectivity index (χ3v) is 3.36. The number of nitrogens with zero attached hydrogens (tertiary/aromatic N) is 1. The van der Waals surface area contributed by atoms with Crippen LogP contribution in [0.1, 0.15) is 27.2 Å². The van der Waals surface area contributed by atoms with E-state index in [1.165, 1.54) is 18.2 Å². The van der Waals surface area contributed by atoms with Crippen molar-refractivity contribution < 1.29 is 9.18 Å². The number of aromatic nitrogens is 1. The van der Waals surface area contributed by atoms with Gasteiger partial charge in [-0.25, -0.2) is 9.37 Å². The molecule has 0 unspecified atom stereocenters. The Labute approximate surface area is 128 Å². The molecule has 0 atom stereocenters. The lowest BCUT2D eigenvalue weighted by molar-refractivity contribution is 0.0954. The first-order chi connectivity index (χ1) is 9.95. The zero-order chi connectivity index (χ0) is 15.4. The number of halogens is 2. The van der Waals surface area contributed by atoms with Crippen molar-refractivity contribution >= 4 is 17.5 Å². The average molecular weight is 307 g/mol. The molecule has 110 valence electrons. The van der Waals surface area contributed by atoms with Crippen LogP contribution in [0.2, 0.25) is 5.15 Å². The highest BCUT2D eigenvalue weighted by molar-refractivity contribution is 6.29. The van der Waals surface area contributed by atoms with Crippen molar-refractivity contribution in [1.82, 2.24) is 10.3 Å². The minimum atomic E-state index is -0.248. The van der Waals surface area contributed by atoms with Gasteiger partial charge in [0.15, 0.2) is 0 Å². The lowest BCUT2D eigenvalue weighted by Gasteiger charge is -2.08. The monoisotopic (exact) mass is 306 g/mol. The number of aryl methyl sites for hydroxylation is 2. The summed E-state index contributed by atoms with van der Waals surface area (Å²) in [5.74, 6) is -0.440. The Morgan fingerprint density at radius 1 is 1.29 bits per heavy atom. The molecule has 0 saturated heterocycles. The van der Waals surface area contributed by atoms with E-state index in [1.807, 2.05) is 6.92 Å². The number of amides is 1. The molecule has 0 radical (unpaired) electrons. The number of pyridine rings is 1. The second-order valence-electron chi connectivity index (χ2n) is 4.90. The lowest BCUT2D eigenvalue weighted by Crippen LogP contribution is -2.26. The van der Waals surface area contributed by atoms with Crippen molar-refractivity contribution in [1.29, 1.82) is 0 Å². The largest absolute Gasteiger partial charge is 0.352 e. The molecular weight excluding hydrogens is 291 g/mol. The van der Waals surface area contributed by atoms with E-state index in [2.05, 4.69) is 10.3 Å². The van der Waals surface area contributed by atoms with Gasteiger partial charge in [0.1, 0.15) is 11.0 Å². The van der Waals surface area contributed by atoms with Gasteiger partial charge in [0.25, 0.3) is 5.91 Å². The van der Waals surface area contributed by atoms with Gasteiger partial charge in [-0.3, -0.25) is 4.79 Å². The number of carbonyl (C=O) groups is 1. The molecule has 0 saturated carbocycles. The summed E-state index contributed by atoms with van der Waals surface area (Å²) in [7, 11) is 0. The molecule has 0 aliphatic rings. The SMILES string of the molecule is Cc1cc(C(=O)NCCc2ccc(F)cc2C)cc(Cl)n1. The number of nitrogens with one attached hydrogen (secondary N) is 1. The fourth-order valence-corrected chi connectivity index (χ4v) is 2.36. The fourth-order valence-electron chi connectivity index (χ4n) is 2.11. The number of hydrogen-bond acceptors (Lipinski definition) is 2. The third kappa shape index (κ3) is 4.26. The summed E-state index contributed by atoms with van der Waals surface area (Å²) in [5.41, 5.74) is 3.08. The molecular formula is C16H16ClFN2O. The Morgan fingerprint density at radius 3 is 2.71 bits per heavy atom. The van der Waals surface area contributed by atoms with Crippen LogP contribution in [-0.4, -0.2) is 17.4 Å². The summed E-state index contributed by atoms with van der Waals surface area (Å²) in [6.45, 7) is 4.11. The molecule has 0 aliphatic heterocycles. The minimum Gasteiger partial charge on any atom is -0.352 e. The Morgan fingerprint density at radius 2 is 2.05 bits per heavy atom. The number of rotatable bonds is 4. The molecule has 1 N–H and O–H groups in total. The molecule has 21 heavy (non-hydrogen) atoms. The van der Waals surface area contributed by atoms with Crippen LogP contribution < -0.4 is 5.32 Å². The maximum Gasteiger partial charge on any atom is 0.251 e. The van der Waals surface area contributed by atoms with Crippen LogP contribution >= 0.6 is 11.6 Å². The highest BCUT2D eigenvalue weighted by atomic mass is 35.5. The van der Waals surface area contributed by atoms with Crippen molar-refractivity contribution in [3.8, 4) is 0 Å². The summed E-state index contributed by atoms with van der Waals surface area (Å²) < 4.78 is 13.0. The summed E-state index contributed by atoms with van der Waals surface area (Å²) >= 11 is 5.83. The summed E-state index contributed by atoms with van der Waals surface area (Å²) in [4.78, 5) is 16.0. The van der Waals surface area contributed by atoms with Crippen molar-refractivity contribution in [3.63, 3.8) is 0 Å². The maximum absolute atomic E-state index is 13.0. The second kappa shape index (κ2) is 6.68. The zero-order valence-corrected chi connectivity index (χ0v) is 12.7. The van der Waals surface area contributed by atoms with Crippen molar-refractivity contribution in [3.05, 3.63) is 63.7 Å². The van der Waals surface area contributed by atoms with E-state index in [0.717, 1.165) is 11.1 Å². The average Bonchev–Trinajstić information content (AvgIpc) is 2.40. The Bertz CT molecular complexity index is 653. The number of carbonyl (C=O) groups excluding carboxylic acids is 1. The van der Waals surface area contributed by atoms with E-state index in [9.17, 15) is 9.18 Å². The molecule has 0 spiro atoms. The minimum absolute atomic E-state index is 0.192. The highest BCUT2D eigenvalue weighted by Gasteiger charge is 2.08. The summed E-state index contributed by atoms with van der Waals surface area (Å²) in [6, 6.07) is 7.88. The Kier molecular flexibility index (Phi) is 4.91. The van der Waals surface area contributed by atoms with E-state index in [-0.39, 0.29) is 11.7 Å². The molecule has 1 amide bonds. The van der Waals surface area contributed by atoms with Gasteiger partial charge in [0.2, 0.25) is 0 Å². The maximum atomic E-state index is 13.0. The van der Waals surface area contributed by atoms with Gasteiger partial charge in [-0.05, 0) is 55.7 Å². The summed E-state index contributed by atoms with van der Waals surface area (Å²) in [5, 5.41) is 3.13. The predicted molar refractivity (Wildman–Crippen MR) is 81.2 cm³/mol. The topological polar surface area (TPSA) is 42.0 Å². The predicted octanol–water partition coefficient (Wildman–Crippen LogP) is 3.46. The van der Waals surface area contributed by atoms with Crippen LogP contribution in [0, 0.1) is 19.7 Å². The van der Waals surface area contributed by atoms with Crippen LogP contribution in [0.4, 0.5) is 4.39 Å². The quantitative estimate of drug-likeness (QED) is 0.879. The van der Waals surface area contributed by atoms with Crippen LogP contribution in [-0.2, 0) is 6.42 Å². The van der Waals surface area contributed by atoms with E-state index in [4.69, 9.17) is 11.6 Å². The van der Waals surface area contributed by atoms with Gasteiger partial charge in [0, 0.05) is 17.8 Å². The first-order valence-corrected chi connectivity index (χ1v) is 7.01. The van der Waals surface area contributed by atoms with Crippen molar-refractivity contribution in [2.75, 3.05) is 6.54 Å². The molecule has 2 rings (SSSR count). The van der Waals surface area contributed by atoms with Gasteiger partial charge in [-0.2, -0.15) is 0 Å². The molecule has 0 bridgehead atoms. The Hall–Kier alpha value is -1.94. The molecule has 0 fully saturated rings. The van der Waals surface area contributed by atoms with Gasteiger partial charge in [0.05, 0.1) is 0 Å². The Balaban J connectivity index is 1.95. The van der Waals surface area contributed by atoms with E-state index < -0.39 is 0 Å². The van der Waals surface area contributed by atoms with Gasteiger partial charge in [-0.1, -0.05) is 17.7 Å². The summed E-state index contributed by atoms with van der Waals surface area (Å²) in [6.07, 6.45) is 0.648. The molecule has 0 aliphatic carbocycles. The smallest absolute Gasteiger partial charge is 0.251 e. The standard InChI is InChI=1S/C16H16ClFN2O/c1-10-7-14(18)4-3-12(10)5-6-19-16(21)13-8-11(2)20-15(17)9-13/h3-4,7-9H,5-6H2,1-2H3,(H,19,21). The number of benzene rings is 1. The van der Waals surface area contributed by atoms with Crippen molar-refractivity contribution in [2.24, 2.45) is 0 Å². The van der Waals surface area contributed by atoms with E-state index >= 15 is 0 Å². The lowest BCUT2D eigenvalue weighted by atomic mass is 10.1. The number of hydrogen-bond donors (Lipinski definition) is 1. The normalized spacial score (nSPS) is 10.5. The molecule has 1 aromatic carbocycles. The zero-order valence-electron chi connectivity index (χ0n) is 11.9. The molecule has 5 heteroatoms. The van der Waals surface area contributed by atoms with Crippen molar-refractivity contribution in [2.45, 2.75) is 20.3 Å². The van der Waals surface area contributed by atoms with Crippen LogP contribution in [0.3, 0.4) is 0 Å². The van der Waals surface area contributed by atoms with Gasteiger partial charge in [-0.15, -0.1) is 0 Å². The molecule has 2 aromatic rings. The fraction of sp³-hybridized carbons (Fsp3) is 0.250. The van der Waals surface area contributed by atoms with Gasteiger partial charge >= 0.3 is 0 Å². The van der Waals surface area contributed by atoms with Crippen LogP contribution in [0.25, 0.3) is 0 Å². The molecule has 3 nitrogen and oxygen atoms in total. The third-order valence-electron chi connectivity index (χ3n) is 3.17. The van der Waals surface area contributed by atoms with E-state index in [1.54, 1.807) is 19.1 Å². The van der Waals surface area contributed by atoms with Gasteiger partial charge < -0.3 is 5.32 Å². The van der Waals surface area contributed by atoms with Crippen LogP contribution in [0.15, 0.2) is 30.3 Å². The highest BCUT2D eigenvalue weighted by Crippen LogP contribution is 2.12. The molecule has 1 heterocycles. The molecule has 1 aromatic heterocycles. The second-order valence-corrected chi connectivity index (χ2v) is 5.28.